The van der Waals surface area contributed by atoms with E-state index in [2.05, 4.69) is 0 Å². The van der Waals surface area contributed by atoms with Crippen LogP contribution in [-0.4, -0.2) is 47.1 Å². The normalized spacial score (nSPS) is 12.5. The zero-order valence-electron chi connectivity index (χ0n) is 18.1. The molecular weight excluding hydrogens is 420 g/mol. The molecule has 7 heteroatoms. The summed E-state index contributed by atoms with van der Waals surface area (Å²) in [4.78, 5) is 52.9. The molecule has 0 spiro atoms. The van der Waals surface area contributed by atoms with Gasteiger partial charge in [-0.15, -0.1) is 0 Å². The van der Waals surface area contributed by atoms with E-state index < -0.39 is 24.4 Å². The van der Waals surface area contributed by atoms with Gasteiger partial charge in [-0.2, -0.15) is 0 Å². The molecule has 0 aromatic heterocycles. The Labute approximate surface area is 191 Å². The number of benzene rings is 3. The maximum absolute atomic E-state index is 12.8. The maximum atomic E-state index is 12.8. The summed E-state index contributed by atoms with van der Waals surface area (Å²) in [5.41, 5.74) is 2.28. The molecule has 3 aromatic rings. The molecule has 0 saturated carbocycles. The lowest BCUT2D eigenvalue weighted by molar-refractivity contribution is -0.133. The van der Waals surface area contributed by atoms with E-state index in [1.54, 1.807) is 7.05 Å². The molecule has 33 heavy (non-hydrogen) atoms. The van der Waals surface area contributed by atoms with Gasteiger partial charge in [-0.1, -0.05) is 60.7 Å². The number of amides is 3. The van der Waals surface area contributed by atoms with Gasteiger partial charge in [0.1, 0.15) is 0 Å². The average Bonchev–Trinajstić information content (AvgIpc) is 3.07. The fraction of sp³-hybridized carbons (Fsp3) is 0.154. The quantitative estimate of drug-likeness (QED) is 0.414. The third-order valence-corrected chi connectivity index (χ3v) is 5.40. The van der Waals surface area contributed by atoms with Gasteiger partial charge >= 0.3 is 5.97 Å². The Bertz CT molecular complexity index is 1210. The number of carbonyl (C=O) groups is 4. The molecule has 0 N–H and O–H groups in total. The smallest absolute Gasteiger partial charge is 0.338 e. The molecule has 1 aliphatic heterocycles. The minimum Gasteiger partial charge on any atom is -0.452 e. The lowest BCUT2D eigenvalue weighted by atomic mass is 10.1. The van der Waals surface area contributed by atoms with Crippen molar-refractivity contribution in [2.24, 2.45) is 0 Å². The van der Waals surface area contributed by atoms with Crippen molar-refractivity contribution in [2.45, 2.75) is 13.1 Å². The van der Waals surface area contributed by atoms with E-state index in [9.17, 15) is 19.2 Å². The lowest BCUT2D eigenvalue weighted by Crippen LogP contribution is -2.30. The zero-order valence-corrected chi connectivity index (χ0v) is 18.1. The first-order chi connectivity index (χ1) is 15.9. The summed E-state index contributed by atoms with van der Waals surface area (Å²) < 4.78 is 5.15. The predicted octanol–water partition coefficient (Wildman–Crippen LogP) is 3.30. The van der Waals surface area contributed by atoms with Gasteiger partial charge < -0.3 is 9.64 Å². The second-order valence-corrected chi connectivity index (χ2v) is 7.75. The summed E-state index contributed by atoms with van der Waals surface area (Å²) in [6.45, 7) is 0.116. The number of nitrogens with zero attached hydrogens (tertiary/aromatic N) is 2. The molecule has 0 unspecified atom stereocenters. The van der Waals surface area contributed by atoms with E-state index in [-0.39, 0.29) is 29.1 Å². The van der Waals surface area contributed by atoms with Crippen LogP contribution in [0.25, 0.3) is 0 Å². The van der Waals surface area contributed by atoms with Crippen molar-refractivity contribution < 1.29 is 23.9 Å². The molecule has 3 amide bonds. The van der Waals surface area contributed by atoms with Crippen LogP contribution in [0.2, 0.25) is 0 Å². The van der Waals surface area contributed by atoms with Gasteiger partial charge in [-0.25, -0.2) is 4.79 Å². The first-order valence-electron chi connectivity index (χ1n) is 10.4. The van der Waals surface area contributed by atoms with Crippen LogP contribution in [0.1, 0.15) is 42.2 Å². The Morgan fingerprint density at radius 1 is 0.818 bits per heavy atom. The minimum atomic E-state index is -0.735. The molecule has 0 bridgehead atoms. The number of imide groups is 1. The molecule has 166 valence electrons. The highest BCUT2D eigenvalue weighted by Crippen LogP contribution is 2.26. The van der Waals surface area contributed by atoms with Crippen LogP contribution in [0.5, 0.6) is 0 Å². The average molecular weight is 442 g/mol. The molecule has 1 heterocycles. The standard InChI is InChI=1S/C26H22N2O5/c1-27(15-18-8-4-2-5-9-18)23(29)17-33-26(32)20-12-13-21-22(14-20)25(31)28(24(21)30)16-19-10-6-3-7-11-19/h2-14H,15-17H2,1H3. The maximum Gasteiger partial charge on any atom is 0.338 e. The zero-order chi connectivity index (χ0) is 23.4. The first kappa shape index (κ1) is 22.0. The van der Waals surface area contributed by atoms with Crippen LogP contribution in [0.15, 0.2) is 78.9 Å². The first-order valence-corrected chi connectivity index (χ1v) is 10.4. The van der Waals surface area contributed by atoms with Crippen LogP contribution < -0.4 is 0 Å². The molecule has 3 aromatic carbocycles. The summed E-state index contributed by atoms with van der Waals surface area (Å²) in [5, 5.41) is 0. The summed E-state index contributed by atoms with van der Waals surface area (Å²) in [5.74, 6) is -1.96. The topological polar surface area (TPSA) is 84.0 Å². The Morgan fingerprint density at radius 3 is 2.09 bits per heavy atom. The van der Waals surface area contributed by atoms with E-state index in [1.807, 2.05) is 60.7 Å². The Kier molecular flexibility index (Phi) is 6.31. The van der Waals surface area contributed by atoms with Crippen LogP contribution in [-0.2, 0) is 22.6 Å². The Morgan fingerprint density at radius 2 is 1.42 bits per heavy atom. The van der Waals surface area contributed by atoms with Crippen molar-refractivity contribution in [2.75, 3.05) is 13.7 Å². The number of likely N-dealkylation sites (N-methyl/N-ethyl adjacent to an activating group) is 1. The fourth-order valence-electron chi connectivity index (χ4n) is 3.59. The number of hydrogen-bond donors (Lipinski definition) is 0. The van der Waals surface area contributed by atoms with E-state index in [4.69, 9.17) is 4.74 Å². The highest BCUT2D eigenvalue weighted by Gasteiger charge is 2.36. The largest absolute Gasteiger partial charge is 0.452 e. The Balaban J connectivity index is 1.39. The van der Waals surface area contributed by atoms with Gasteiger partial charge in [0, 0.05) is 13.6 Å². The molecular formula is C26H22N2O5. The highest BCUT2D eigenvalue weighted by molar-refractivity contribution is 6.21. The van der Waals surface area contributed by atoms with Crippen molar-refractivity contribution >= 4 is 23.7 Å². The molecule has 7 nitrogen and oxygen atoms in total. The Hall–Kier alpha value is -4.26. The van der Waals surface area contributed by atoms with Gasteiger partial charge in [0.05, 0.1) is 23.2 Å². The molecule has 0 fully saturated rings. The van der Waals surface area contributed by atoms with E-state index >= 15 is 0 Å². The van der Waals surface area contributed by atoms with E-state index in [1.165, 1.54) is 23.1 Å². The van der Waals surface area contributed by atoms with Gasteiger partial charge in [-0.3, -0.25) is 19.3 Å². The summed E-state index contributed by atoms with van der Waals surface area (Å²) >= 11 is 0. The van der Waals surface area contributed by atoms with Gasteiger partial charge in [0.25, 0.3) is 17.7 Å². The molecule has 0 radical (unpaired) electrons. The van der Waals surface area contributed by atoms with E-state index in [0.29, 0.717) is 6.54 Å². The van der Waals surface area contributed by atoms with Crippen LogP contribution in [0.4, 0.5) is 0 Å². The lowest BCUT2D eigenvalue weighted by Gasteiger charge is -2.17. The van der Waals surface area contributed by atoms with Crippen molar-refractivity contribution in [3.63, 3.8) is 0 Å². The molecule has 0 atom stereocenters. The minimum absolute atomic E-state index is 0.106. The number of ether oxygens (including phenoxy) is 1. The number of fused-ring (bicyclic) bond motifs is 1. The molecule has 0 saturated heterocycles. The highest BCUT2D eigenvalue weighted by atomic mass is 16.5. The van der Waals surface area contributed by atoms with Crippen molar-refractivity contribution in [3.05, 3.63) is 107 Å². The summed E-state index contributed by atoms with van der Waals surface area (Å²) in [6, 6.07) is 22.9. The number of carbonyl (C=O) groups excluding carboxylic acids is 4. The summed E-state index contributed by atoms with van der Waals surface area (Å²) in [7, 11) is 1.63. The number of esters is 1. The van der Waals surface area contributed by atoms with Crippen molar-refractivity contribution in [1.29, 1.82) is 0 Å². The third-order valence-electron chi connectivity index (χ3n) is 5.40. The monoisotopic (exact) mass is 442 g/mol. The van der Waals surface area contributed by atoms with Gasteiger partial charge in [0.15, 0.2) is 6.61 Å². The predicted molar refractivity (Wildman–Crippen MR) is 120 cm³/mol. The van der Waals surface area contributed by atoms with Gasteiger partial charge in [0.2, 0.25) is 0 Å². The van der Waals surface area contributed by atoms with Gasteiger partial charge in [-0.05, 0) is 29.3 Å². The van der Waals surface area contributed by atoms with Crippen LogP contribution >= 0.6 is 0 Å². The molecule has 4 rings (SSSR count). The SMILES string of the molecule is CN(Cc1ccccc1)C(=O)COC(=O)c1ccc2c(c1)C(=O)N(Cc1ccccc1)C2=O. The second-order valence-electron chi connectivity index (χ2n) is 7.75. The van der Waals surface area contributed by atoms with E-state index in [0.717, 1.165) is 16.0 Å². The number of hydrogen-bond acceptors (Lipinski definition) is 5. The second kappa shape index (κ2) is 9.48. The fourth-order valence-corrected chi connectivity index (χ4v) is 3.59. The summed E-state index contributed by atoms with van der Waals surface area (Å²) in [6.07, 6.45) is 0. The van der Waals surface area contributed by atoms with Crippen LogP contribution in [0, 0.1) is 0 Å². The van der Waals surface area contributed by atoms with Crippen molar-refractivity contribution in [3.8, 4) is 0 Å². The third kappa shape index (κ3) is 4.82. The van der Waals surface area contributed by atoms with Crippen molar-refractivity contribution in [1.82, 2.24) is 9.80 Å². The molecule has 1 aliphatic rings. The van der Waals surface area contributed by atoms with Crippen LogP contribution in [0.3, 0.4) is 0 Å². The number of rotatable bonds is 7. The molecule has 0 aliphatic carbocycles.